The molecule has 0 spiro atoms. The van der Waals surface area contributed by atoms with Gasteiger partial charge in [0.15, 0.2) is 17.8 Å². The molecule has 1 heterocycles. The molecule has 0 fully saturated rings. The van der Waals surface area contributed by atoms with Gasteiger partial charge in [0.25, 0.3) is 0 Å². The van der Waals surface area contributed by atoms with Crippen LogP contribution in [0.2, 0.25) is 5.02 Å². The zero-order valence-electron chi connectivity index (χ0n) is 7.78. The Kier molecular flexibility index (Phi) is 2.62. The van der Waals surface area contributed by atoms with Crippen LogP contribution in [-0.2, 0) is 0 Å². The van der Waals surface area contributed by atoms with Crippen molar-refractivity contribution in [1.29, 1.82) is 0 Å². The van der Waals surface area contributed by atoms with Gasteiger partial charge in [0.1, 0.15) is 5.82 Å². The smallest absolute Gasteiger partial charge is 0.358 e. The van der Waals surface area contributed by atoms with E-state index < -0.39 is 11.8 Å². The molecule has 82 valence electrons. The number of aromatic nitrogens is 1. The Bertz CT molecular complexity index is 532. The van der Waals surface area contributed by atoms with Gasteiger partial charge in [-0.15, -0.1) is 0 Å². The highest BCUT2D eigenvalue weighted by atomic mass is 35.5. The van der Waals surface area contributed by atoms with Crippen molar-refractivity contribution in [2.45, 2.75) is 0 Å². The molecule has 0 aliphatic heterocycles. The number of carboxylic acid groups (broad SMARTS) is 1. The molecule has 2 aromatic rings. The van der Waals surface area contributed by atoms with Crippen molar-refractivity contribution in [3.8, 4) is 11.3 Å². The molecule has 6 heteroatoms. The lowest BCUT2D eigenvalue weighted by atomic mass is 10.1. The number of hydrogen-bond acceptors (Lipinski definition) is 3. The molecule has 1 aromatic carbocycles. The minimum atomic E-state index is -1.30. The van der Waals surface area contributed by atoms with Gasteiger partial charge >= 0.3 is 5.97 Å². The van der Waals surface area contributed by atoms with Gasteiger partial charge in [-0.3, -0.25) is 0 Å². The van der Waals surface area contributed by atoms with E-state index in [2.05, 4.69) is 4.98 Å². The van der Waals surface area contributed by atoms with Crippen LogP contribution in [0.25, 0.3) is 11.3 Å². The average molecular weight is 242 g/mol. The molecule has 2 rings (SSSR count). The molecule has 0 unspecified atom stereocenters. The largest absolute Gasteiger partial charge is 0.476 e. The molecule has 0 amide bonds. The number of carboxylic acids is 1. The van der Waals surface area contributed by atoms with Crippen molar-refractivity contribution in [1.82, 2.24) is 4.98 Å². The van der Waals surface area contributed by atoms with Crippen molar-refractivity contribution in [3.63, 3.8) is 0 Å². The van der Waals surface area contributed by atoms with Gasteiger partial charge in [-0.05, 0) is 12.1 Å². The maximum atomic E-state index is 13.5. The summed E-state index contributed by atoms with van der Waals surface area (Å²) in [6.45, 7) is 0. The quantitative estimate of drug-likeness (QED) is 0.878. The van der Waals surface area contributed by atoms with Crippen LogP contribution >= 0.6 is 11.6 Å². The second kappa shape index (κ2) is 3.94. The van der Waals surface area contributed by atoms with Crippen molar-refractivity contribution < 1.29 is 18.7 Å². The van der Waals surface area contributed by atoms with Crippen LogP contribution < -0.4 is 0 Å². The topological polar surface area (TPSA) is 63.3 Å². The highest BCUT2D eigenvalue weighted by molar-refractivity contribution is 6.33. The minimum Gasteiger partial charge on any atom is -0.476 e. The number of carbonyl (C=O) groups is 1. The first-order valence-corrected chi connectivity index (χ1v) is 4.60. The molecule has 0 saturated heterocycles. The van der Waals surface area contributed by atoms with Crippen LogP contribution in [0.1, 0.15) is 10.5 Å². The molecule has 0 radical (unpaired) electrons. The molecule has 4 nitrogen and oxygen atoms in total. The zero-order valence-corrected chi connectivity index (χ0v) is 8.53. The van der Waals surface area contributed by atoms with E-state index in [-0.39, 0.29) is 22.0 Å². The molecule has 16 heavy (non-hydrogen) atoms. The summed E-state index contributed by atoms with van der Waals surface area (Å²) in [6.07, 6.45) is 0.932. The number of rotatable bonds is 2. The van der Waals surface area contributed by atoms with E-state index in [1.807, 2.05) is 0 Å². The van der Waals surface area contributed by atoms with Gasteiger partial charge < -0.3 is 9.52 Å². The molecule has 0 aliphatic rings. The zero-order chi connectivity index (χ0) is 11.7. The molecular formula is C10H5ClFNO3. The number of hydrogen-bond donors (Lipinski definition) is 1. The van der Waals surface area contributed by atoms with Crippen molar-refractivity contribution in [3.05, 3.63) is 41.1 Å². The van der Waals surface area contributed by atoms with E-state index in [4.69, 9.17) is 21.1 Å². The van der Waals surface area contributed by atoms with Crippen LogP contribution in [0.15, 0.2) is 29.0 Å². The van der Waals surface area contributed by atoms with Crippen molar-refractivity contribution in [2.75, 3.05) is 0 Å². The third-order valence-electron chi connectivity index (χ3n) is 1.96. The van der Waals surface area contributed by atoms with Gasteiger partial charge in [0, 0.05) is 0 Å². The van der Waals surface area contributed by atoms with Crippen LogP contribution in [0.3, 0.4) is 0 Å². The summed E-state index contributed by atoms with van der Waals surface area (Å²) in [5, 5.41) is 8.88. The first-order valence-electron chi connectivity index (χ1n) is 4.22. The van der Waals surface area contributed by atoms with Crippen LogP contribution in [0.4, 0.5) is 4.39 Å². The van der Waals surface area contributed by atoms with Crippen LogP contribution in [0.5, 0.6) is 0 Å². The van der Waals surface area contributed by atoms with Gasteiger partial charge in [-0.2, -0.15) is 0 Å². The lowest BCUT2D eigenvalue weighted by Gasteiger charge is -2.02. The molecule has 0 aliphatic carbocycles. The number of oxazole rings is 1. The van der Waals surface area contributed by atoms with E-state index in [0.29, 0.717) is 0 Å². The third kappa shape index (κ3) is 1.65. The van der Waals surface area contributed by atoms with E-state index in [9.17, 15) is 9.18 Å². The Hall–Kier alpha value is -1.88. The normalized spacial score (nSPS) is 10.4. The predicted molar refractivity (Wildman–Crippen MR) is 53.9 cm³/mol. The second-order valence-corrected chi connectivity index (χ2v) is 3.34. The first-order chi connectivity index (χ1) is 7.61. The van der Waals surface area contributed by atoms with Gasteiger partial charge in [0.2, 0.25) is 0 Å². The van der Waals surface area contributed by atoms with Gasteiger partial charge in [0.05, 0.1) is 10.6 Å². The second-order valence-electron chi connectivity index (χ2n) is 2.93. The lowest BCUT2D eigenvalue weighted by Crippen LogP contribution is -1.99. The Morgan fingerprint density at radius 1 is 1.50 bits per heavy atom. The Balaban J connectivity index is 2.68. The molecule has 0 atom stereocenters. The fourth-order valence-electron chi connectivity index (χ4n) is 1.29. The van der Waals surface area contributed by atoms with Gasteiger partial charge in [-0.25, -0.2) is 14.2 Å². The minimum absolute atomic E-state index is 0.0688. The highest BCUT2D eigenvalue weighted by Crippen LogP contribution is 2.32. The molecule has 1 N–H and O–H groups in total. The average Bonchev–Trinajstić information content (AvgIpc) is 2.66. The number of halogens is 2. The predicted octanol–water partition coefficient (Wildman–Crippen LogP) is 2.83. The Morgan fingerprint density at radius 3 is 2.88 bits per heavy atom. The Labute approximate surface area is 94.3 Å². The third-order valence-corrected chi connectivity index (χ3v) is 2.27. The summed E-state index contributed by atoms with van der Waals surface area (Å²) < 4.78 is 18.3. The fraction of sp³-hybridized carbons (Fsp3) is 0. The summed E-state index contributed by atoms with van der Waals surface area (Å²) in [6, 6.07) is 4.02. The maximum absolute atomic E-state index is 13.5. The van der Waals surface area contributed by atoms with Crippen molar-refractivity contribution in [2.24, 2.45) is 0 Å². The van der Waals surface area contributed by atoms with E-state index in [0.717, 1.165) is 12.5 Å². The lowest BCUT2D eigenvalue weighted by molar-refractivity contribution is 0.0691. The summed E-state index contributed by atoms with van der Waals surface area (Å²) in [5.74, 6) is -2.15. The first kappa shape index (κ1) is 10.6. The van der Waals surface area contributed by atoms with Gasteiger partial charge in [-0.1, -0.05) is 17.7 Å². The number of nitrogens with zero attached hydrogens (tertiary/aromatic N) is 1. The maximum Gasteiger partial charge on any atom is 0.358 e. The monoisotopic (exact) mass is 241 g/mol. The molecular weight excluding hydrogens is 237 g/mol. The van der Waals surface area contributed by atoms with Crippen molar-refractivity contribution >= 4 is 17.6 Å². The molecule has 1 aromatic heterocycles. The van der Waals surface area contributed by atoms with E-state index in [1.54, 1.807) is 0 Å². The summed E-state index contributed by atoms with van der Waals surface area (Å²) in [4.78, 5) is 14.3. The summed E-state index contributed by atoms with van der Waals surface area (Å²) in [7, 11) is 0. The summed E-state index contributed by atoms with van der Waals surface area (Å²) in [5.41, 5.74) is -0.467. The van der Waals surface area contributed by atoms with E-state index >= 15 is 0 Å². The standard InChI is InChI=1S/C10H5ClFNO3/c11-5-2-1-3-6(12)7(5)9-8(10(14)15)13-4-16-9/h1-4H,(H,14,15). The Morgan fingerprint density at radius 2 is 2.25 bits per heavy atom. The number of benzene rings is 1. The van der Waals surface area contributed by atoms with Crippen LogP contribution in [0, 0.1) is 5.82 Å². The van der Waals surface area contributed by atoms with E-state index in [1.165, 1.54) is 12.1 Å². The summed E-state index contributed by atoms with van der Waals surface area (Å²) >= 11 is 5.78. The molecule has 0 saturated carbocycles. The molecule has 0 bridgehead atoms. The fourth-order valence-corrected chi connectivity index (χ4v) is 1.54. The number of aromatic carboxylic acids is 1. The van der Waals surface area contributed by atoms with Crippen LogP contribution in [-0.4, -0.2) is 16.1 Å². The SMILES string of the molecule is O=C(O)c1ncoc1-c1c(F)cccc1Cl. The highest BCUT2D eigenvalue weighted by Gasteiger charge is 2.22.